The lowest BCUT2D eigenvalue weighted by atomic mass is 10.4. The van der Waals surface area contributed by atoms with Crippen molar-refractivity contribution in [1.29, 1.82) is 0 Å². The van der Waals surface area contributed by atoms with E-state index in [1.165, 1.54) is 0 Å². The van der Waals surface area contributed by atoms with Crippen LogP contribution in [0.15, 0.2) is 18.3 Å². The van der Waals surface area contributed by atoms with Crippen LogP contribution in [-0.4, -0.2) is 30.8 Å². The molecule has 0 atom stereocenters. The van der Waals surface area contributed by atoms with E-state index in [9.17, 15) is 0 Å². The first-order valence-corrected chi connectivity index (χ1v) is 6.17. The lowest BCUT2D eigenvalue weighted by Gasteiger charge is -2.12. The number of rotatable bonds is 8. The third-order valence-electron chi connectivity index (χ3n) is 2.08. The van der Waals surface area contributed by atoms with Gasteiger partial charge in [-0.2, -0.15) is 0 Å². The lowest BCUT2D eigenvalue weighted by molar-refractivity contribution is 0.0870. The summed E-state index contributed by atoms with van der Waals surface area (Å²) in [7, 11) is 0. The maximum absolute atomic E-state index is 5.60. The highest BCUT2D eigenvalue weighted by Gasteiger charge is 2.03. The van der Waals surface area contributed by atoms with Gasteiger partial charge < -0.3 is 14.8 Å². The van der Waals surface area contributed by atoms with Crippen molar-refractivity contribution in [2.45, 2.75) is 33.3 Å². The predicted molar refractivity (Wildman–Crippen MR) is 69.6 cm³/mol. The van der Waals surface area contributed by atoms with Gasteiger partial charge in [0.2, 0.25) is 0 Å². The van der Waals surface area contributed by atoms with E-state index in [2.05, 4.69) is 17.2 Å². The smallest absolute Gasteiger partial charge is 0.168 e. The van der Waals surface area contributed by atoms with Crippen molar-refractivity contribution >= 4 is 5.82 Å². The van der Waals surface area contributed by atoms with E-state index in [1.54, 1.807) is 6.20 Å². The van der Waals surface area contributed by atoms with Crippen LogP contribution in [0.3, 0.4) is 0 Å². The molecule has 0 saturated heterocycles. The minimum absolute atomic E-state index is 0.261. The lowest BCUT2D eigenvalue weighted by Crippen LogP contribution is -2.14. The van der Waals surface area contributed by atoms with Crippen LogP contribution in [0.5, 0.6) is 5.75 Å². The topological polar surface area (TPSA) is 43.4 Å². The van der Waals surface area contributed by atoms with Crippen LogP contribution in [0.4, 0.5) is 5.82 Å². The fraction of sp³-hybridized carbons (Fsp3) is 0.615. The highest BCUT2D eigenvalue weighted by atomic mass is 16.5. The number of nitrogens with zero attached hydrogens (tertiary/aromatic N) is 1. The number of hydrogen-bond donors (Lipinski definition) is 1. The Morgan fingerprint density at radius 3 is 2.88 bits per heavy atom. The summed E-state index contributed by atoms with van der Waals surface area (Å²) in [5.41, 5.74) is 0. The van der Waals surface area contributed by atoms with Crippen LogP contribution >= 0.6 is 0 Å². The summed E-state index contributed by atoms with van der Waals surface area (Å²) in [4.78, 5) is 4.26. The van der Waals surface area contributed by atoms with Crippen LogP contribution in [0.2, 0.25) is 0 Å². The Morgan fingerprint density at radius 1 is 1.35 bits per heavy atom. The number of aromatic nitrogens is 1. The molecule has 0 amide bonds. The fourth-order valence-corrected chi connectivity index (χ4v) is 1.32. The highest BCUT2D eigenvalue weighted by molar-refractivity contribution is 5.49. The van der Waals surface area contributed by atoms with Crippen molar-refractivity contribution in [3.8, 4) is 5.75 Å². The Bertz CT molecular complexity index is 316. The summed E-state index contributed by atoms with van der Waals surface area (Å²) in [6, 6.07) is 3.80. The molecule has 96 valence electrons. The van der Waals surface area contributed by atoms with Crippen molar-refractivity contribution in [1.82, 2.24) is 4.98 Å². The van der Waals surface area contributed by atoms with Crippen molar-refractivity contribution in [3.05, 3.63) is 18.3 Å². The van der Waals surface area contributed by atoms with Gasteiger partial charge in [0.05, 0.1) is 19.3 Å². The van der Waals surface area contributed by atoms with Gasteiger partial charge >= 0.3 is 0 Å². The molecule has 0 saturated carbocycles. The van der Waals surface area contributed by atoms with E-state index < -0.39 is 0 Å². The zero-order chi connectivity index (χ0) is 12.5. The number of nitrogens with one attached hydrogen (secondary N) is 1. The average molecular weight is 238 g/mol. The van der Waals surface area contributed by atoms with Gasteiger partial charge in [-0.1, -0.05) is 6.92 Å². The van der Waals surface area contributed by atoms with Gasteiger partial charge in [-0.05, 0) is 32.4 Å². The monoisotopic (exact) mass is 238 g/mol. The Hall–Kier alpha value is -1.29. The van der Waals surface area contributed by atoms with Gasteiger partial charge in [0.15, 0.2) is 11.6 Å². The fourth-order valence-electron chi connectivity index (χ4n) is 1.32. The molecule has 4 nitrogen and oxygen atoms in total. The molecular weight excluding hydrogens is 216 g/mol. The molecule has 1 N–H and O–H groups in total. The molecule has 0 bridgehead atoms. The van der Waals surface area contributed by atoms with Gasteiger partial charge in [0.25, 0.3) is 0 Å². The van der Waals surface area contributed by atoms with Crippen molar-refractivity contribution < 1.29 is 9.47 Å². The summed E-state index contributed by atoms with van der Waals surface area (Å²) < 4.78 is 11.1. The Kier molecular flexibility index (Phi) is 6.40. The molecule has 17 heavy (non-hydrogen) atoms. The first-order valence-electron chi connectivity index (χ1n) is 6.17. The standard InChI is InChI=1S/C13H22N2O2/c1-4-9-17-12-6-5-7-14-13(12)15-8-10-16-11(2)3/h5-7,11H,4,8-10H2,1-3H3,(H,14,15). The zero-order valence-electron chi connectivity index (χ0n) is 10.9. The molecule has 0 aromatic carbocycles. The zero-order valence-corrected chi connectivity index (χ0v) is 10.9. The van der Waals surface area contributed by atoms with Gasteiger partial charge in [-0.3, -0.25) is 0 Å². The molecule has 1 heterocycles. The molecule has 4 heteroatoms. The second-order valence-corrected chi connectivity index (χ2v) is 4.04. The molecule has 0 aliphatic heterocycles. The molecule has 1 rings (SSSR count). The molecule has 1 aromatic rings. The van der Waals surface area contributed by atoms with Crippen molar-refractivity contribution in [2.24, 2.45) is 0 Å². The van der Waals surface area contributed by atoms with E-state index in [1.807, 2.05) is 26.0 Å². The quantitative estimate of drug-likeness (QED) is 0.707. The summed E-state index contributed by atoms with van der Waals surface area (Å²) in [6.07, 6.45) is 3.01. The summed E-state index contributed by atoms with van der Waals surface area (Å²) >= 11 is 0. The second kappa shape index (κ2) is 7.90. The summed E-state index contributed by atoms with van der Waals surface area (Å²) in [5.74, 6) is 1.59. The second-order valence-electron chi connectivity index (χ2n) is 4.04. The van der Waals surface area contributed by atoms with Gasteiger partial charge in [-0.25, -0.2) is 4.98 Å². The van der Waals surface area contributed by atoms with E-state index in [-0.39, 0.29) is 6.10 Å². The largest absolute Gasteiger partial charge is 0.490 e. The van der Waals surface area contributed by atoms with Crippen LogP contribution in [-0.2, 0) is 4.74 Å². The van der Waals surface area contributed by atoms with Crippen molar-refractivity contribution in [3.63, 3.8) is 0 Å². The van der Waals surface area contributed by atoms with E-state index in [0.717, 1.165) is 24.5 Å². The number of anilines is 1. The van der Waals surface area contributed by atoms with E-state index >= 15 is 0 Å². The normalized spacial score (nSPS) is 10.6. The summed E-state index contributed by atoms with van der Waals surface area (Å²) in [5, 5.41) is 3.22. The Morgan fingerprint density at radius 2 is 2.18 bits per heavy atom. The summed E-state index contributed by atoms with van der Waals surface area (Å²) in [6.45, 7) is 8.25. The average Bonchev–Trinajstić information content (AvgIpc) is 2.33. The van der Waals surface area contributed by atoms with Crippen LogP contribution in [0.1, 0.15) is 27.2 Å². The minimum atomic E-state index is 0.261. The molecule has 0 fully saturated rings. The molecule has 1 aromatic heterocycles. The van der Waals surface area contributed by atoms with Crippen LogP contribution in [0.25, 0.3) is 0 Å². The Balaban J connectivity index is 2.40. The van der Waals surface area contributed by atoms with Crippen molar-refractivity contribution in [2.75, 3.05) is 25.1 Å². The maximum atomic E-state index is 5.60. The maximum Gasteiger partial charge on any atom is 0.168 e. The number of hydrogen-bond acceptors (Lipinski definition) is 4. The van der Waals surface area contributed by atoms with E-state index in [0.29, 0.717) is 13.2 Å². The number of pyridine rings is 1. The number of ether oxygens (including phenoxy) is 2. The molecule has 0 radical (unpaired) electrons. The third kappa shape index (κ3) is 5.54. The third-order valence-corrected chi connectivity index (χ3v) is 2.08. The van der Waals surface area contributed by atoms with Crippen LogP contribution in [0, 0.1) is 0 Å². The van der Waals surface area contributed by atoms with Gasteiger partial charge in [0.1, 0.15) is 0 Å². The molecule has 0 spiro atoms. The first kappa shape index (κ1) is 13.8. The van der Waals surface area contributed by atoms with Gasteiger partial charge in [-0.15, -0.1) is 0 Å². The highest BCUT2D eigenvalue weighted by Crippen LogP contribution is 2.20. The molecular formula is C13H22N2O2. The molecule has 0 unspecified atom stereocenters. The van der Waals surface area contributed by atoms with Gasteiger partial charge in [0, 0.05) is 12.7 Å². The Labute approximate surface area is 103 Å². The SMILES string of the molecule is CCCOc1cccnc1NCCOC(C)C. The minimum Gasteiger partial charge on any atom is -0.490 e. The molecule has 0 aliphatic rings. The van der Waals surface area contributed by atoms with E-state index in [4.69, 9.17) is 9.47 Å². The predicted octanol–water partition coefficient (Wildman–Crippen LogP) is 2.71. The van der Waals surface area contributed by atoms with Crippen LogP contribution < -0.4 is 10.1 Å². The molecule has 0 aliphatic carbocycles. The first-order chi connectivity index (χ1) is 8.24.